The second-order valence-electron chi connectivity index (χ2n) is 8.77. The molecule has 5 nitrogen and oxygen atoms in total. The van der Waals surface area contributed by atoms with Crippen molar-refractivity contribution < 1.29 is 27.4 Å². The first-order valence-electron chi connectivity index (χ1n) is 11.6. The molecular weight excluding hydrogens is 469 g/mol. The maximum Gasteiger partial charge on any atom is 0.416 e. The molecule has 1 atom stereocenters. The summed E-state index contributed by atoms with van der Waals surface area (Å²) in [4.78, 5) is 18.4. The number of ether oxygens (including phenoxy) is 2. The third-order valence-corrected chi connectivity index (χ3v) is 6.55. The Morgan fingerprint density at radius 1 is 1.06 bits per heavy atom. The van der Waals surface area contributed by atoms with Crippen LogP contribution in [0.5, 0.6) is 5.75 Å². The van der Waals surface area contributed by atoms with Crippen LogP contribution in [0, 0.1) is 0 Å². The number of nitrogens with one attached hydrogen (secondary N) is 1. The SMILES string of the molecule is COc1ccc2[nH]c3c(c2c1)CCN(C(=O)COCc1ccccc1)C3c1ccc(C(F)(F)F)cc1. The molecule has 3 aromatic carbocycles. The minimum Gasteiger partial charge on any atom is -0.497 e. The van der Waals surface area contributed by atoms with Crippen molar-refractivity contribution in [2.45, 2.75) is 25.2 Å². The van der Waals surface area contributed by atoms with E-state index >= 15 is 0 Å². The molecule has 1 N–H and O–H groups in total. The van der Waals surface area contributed by atoms with Crippen molar-refractivity contribution in [2.24, 2.45) is 0 Å². The number of methoxy groups -OCH3 is 1. The van der Waals surface area contributed by atoms with Gasteiger partial charge in [-0.2, -0.15) is 13.2 Å². The molecule has 1 aliphatic rings. The number of aromatic amines is 1. The molecule has 4 aromatic rings. The molecule has 1 aromatic heterocycles. The molecule has 0 saturated carbocycles. The van der Waals surface area contributed by atoms with Crippen LogP contribution >= 0.6 is 0 Å². The van der Waals surface area contributed by atoms with E-state index in [9.17, 15) is 18.0 Å². The number of rotatable bonds is 6. The largest absolute Gasteiger partial charge is 0.497 e. The average molecular weight is 495 g/mol. The van der Waals surface area contributed by atoms with Gasteiger partial charge < -0.3 is 19.4 Å². The van der Waals surface area contributed by atoms with Gasteiger partial charge in [-0.1, -0.05) is 42.5 Å². The summed E-state index contributed by atoms with van der Waals surface area (Å²) in [6.07, 6.45) is -3.83. The number of nitrogens with zero attached hydrogens (tertiary/aromatic N) is 1. The molecule has 186 valence electrons. The van der Waals surface area contributed by atoms with Gasteiger partial charge in [-0.05, 0) is 53.4 Å². The lowest BCUT2D eigenvalue weighted by atomic mass is 9.91. The molecule has 36 heavy (non-hydrogen) atoms. The molecule has 0 bridgehead atoms. The maximum atomic E-state index is 13.3. The fourth-order valence-corrected chi connectivity index (χ4v) is 4.78. The summed E-state index contributed by atoms with van der Waals surface area (Å²) in [5, 5.41) is 0.980. The highest BCUT2D eigenvalue weighted by molar-refractivity contribution is 5.88. The van der Waals surface area contributed by atoms with Gasteiger partial charge in [0.05, 0.1) is 25.3 Å². The number of amides is 1. The first-order valence-corrected chi connectivity index (χ1v) is 11.6. The Kier molecular flexibility index (Phi) is 6.45. The molecule has 0 spiro atoms. The predicted octanol–water partition coefficient (Wildman–Crippen LogP) is 5.89. The lowest BCUT2D eigenvalue weighted by Crippen LogP contribution is -2.42. The topological polar surface area (TPSA) is 54.6 Å². The quantitative estimate of drug-likeness (QED) is 0.364. The summed E-state index contributed by atoms with van der Waals surface area (Å²) in [5.74, 6) is 0.487. The van der Waals surface area contributed by atoms with Crippen molar-refractivity contribution in [3.63, 3.8) is 0 Å². The van der Waals surface area contributed by atoms with Crippen LogP contribution in [0.15, 0.2) is 72.8 Å². The number of hydrogen-bond donors (Lipinski definition) is 1. The van der Waals surface area contributed by atoms with Crippen LogP contribution in [0.2, 0.25) is 0 Å². The summed E-state index contributed by atoms with van der Waals surface area (Å²) < 4.78 is 50.7. The van der Waals surface area contributed by atoms with E-state index in [1.807, 2.05) is 48.5 Å². The molecular formula is C28H25F3N2O3. The average Bonchev–Trinajstić information content (AvgIpc) is 3.26. The highest BCUT2D eigenvalue weighted by atomic mass is 19.4. The molecule has 1 unspecified atom stereocenters. The highest BCUT2D eigenvalue weighted by Crippen LogP contribution is 2.40. The molecule has 1 aliphatic heterocycles. The number of carbonyl (C=O) groups excluding carboxylic acids is 1. The van der Waals surface area contributed by atoms with Crippen molar-refractivity contribution in [1.29, 1.82) is 0 Å². The highest BCUT2D eigenvalue weighted by Gasteiger charge is 2.36. The second-order valence-corrected chi connectivity index (χ2v) is 8.77. The molecule has 2 heterocycles. The van der Waals surface area contributed by atoms with Crippen LogP contribution in [0.1, 0.15) is 34.0 Å². The third kappa shape index (κ3) is 4.68. The zero-order valence-corrected chi connectivity index (χ0v) is 19.6. The van der Waals surface area contributed by atoms with E-state index in [1.165, 1.54) is 12.1 Å². The standard InChI is InChI=1S/C28H25F3N2O3/c1-35-21-11-12-24-23(15-21)22-13-14-33(25(34)17-36-16-18-5-3-2-4-6-18)27(26(22)32-24)19-7-9-20(10-8-19)28(29,30)31/h2-12,15,27,32H,13-14,16-17H2,1H3. The molecule has 5 rings (SSSR count). The molecule has 0 saturated heterocycles. The van der Waals surface area contributed by atoms with Crippen LogP contribution in [0.3, 0.4) is 0 Å². The predicted molar refractivity (Wildman–Crippen MR) is 130 cm³/mol. The zero-order chi connectivity index (χ0) is 25.3. The smallest absolute Gasteiger partial charge is 0.416 e. The van der Waals surface area contributed by atoms with Gasteiger partial charge in [0.15, 0.2) is 0 Å². The van der Waals surface area contributed by atoms with Gasteiger partial charge in [0.25, 0.3) is 0 Å². The normalized spacial score (nSPS) is 15.7. The summed E-state index contributed by atoms with van der Waals surface area (Å²) in [6, 6.07) is 19.7. The van der Waals surface area contributed by atoms with Crippen molar-refractivity contribution >= 4 is 16.8 Å². The van der Waals surface area contributed by atoms with Gasteiger partial charge >= 0.3 is 6.18 Å². The fraction of sp³-hybridized carbons (Fsp3) is 0.250. The van der Waals surface area contributed by atoms with Gasteiger partial charge in [-0.25, -0.2) is 0 Å². The van der Waals surface area contributed by atoms with E-state index in [0.29, 0.717) is 30.9 Å². The van der Waals surface area contributed by atoms with Gasteiger partial charge in [0.1, 0.15) is 12.4 Å². The van der Waals surface area contributed by atoms with E-state index in [4.69, 9.17) is 9.47 Å². The first kappa shape index (κ1) is 23.9. The Balaban J connectivity index is 1.48. The zero-order valence-electron chi connectivity index (χ0n) is 19.6. The third-order valence-electron chi connectivity index (χ3n) is 6.55. The van der Waals surface area contributed by atoms with Crippen LogP contribution in [-0.2, 0) is 28.7 Å². The van der Waals surface area contributed by atoms with E-state index in [1.54, 1.807) is 12.0 Å². The fourth-order valence-electron chi connectivity index (χ4n) is 4.78. The lowest BCUT2D eigenvalue weighted by Gasteiger charge is -2.36. The Labute approximate surface area is 206 Å². The summed E-state index contributed by atoms with van der Waals surface area (Å²) >= 11 is 0. The number of aromatic nitrogens is 1. The van der Waals surface area contributed by atoms with E-state index in [-0.39, 0.29) is 12.5 Å². The molecule has 0 fully saturated rings. The summed E-state index contributed by atoms with van der Waals surface area (Å²) in [5.41, 5.74) is 3.53. The number of alkyl halides is 3. The first-order chi connectivity index (χ1) is 17.3. The number of fused-ring (bicyclic) bond motifs is 3. The van der Waals surface area contributed by atoms with Gasteiger partial charge in [-0.15, -0.1) is 0 Å². The minimum atomic E-state index is -4.44. The van der Waals surface area contributed by atoms with Crippen molar-refractivity contribution in [3.8, 4) is 5.75 Å². The molecule has 8 heteroatoms. The van der Waals surface area contributed by atoms with E-state index in [2.05, 4.69) is 4.98 Å². The van der Waals surface area contributed by atoms with Crippen LogP contribution in [0.25, 0.3) is 10.9 Å². The summed E-state index contributed by atoms with van der Waals surface area (Å²) in [7, 11) is 1.60. The Morgan fingerprint density at radius 3 is 2.50 bits per heavy atom. The number of hydrogen-bond acceptors (Lipinski definition) is 3. The van der Waals surface area contributed by atoms with Crippen LogP contribution in [-0.4, -0.2) is 36.1 Å². The maximum absolute atomic E-state index is 13.3. The van der Waals surface area contributed by atoms with Gasteiger partial charge in [0, 0.05) is 23.1 Å². The van der Waals surface area contributed by atoms with E-state index < -0.39 is 17.8 Å². The van der Waals surface area contributed by atoms with Gasteiger partial charge in [0.2, 0.25) is 5.91 Å². The van der Waals surface area contributed by atoms with Crippen molar-refractivity contribution in [1.82, 2.24) is 9.88 Å². The van der Waals surface area contributed by atoms with Gasteiger partial charge in [-0.3, -0.25) is 4.79 Å². The van der Waals surface area contributed by atoms with E-state index in [0.717, 1.165) is 39.9 Å². The molecule has 0 radical (unpaired) electrons. The van der Waals surface area contributed by atoms with Crippen LogP contribution < -0.4 is 4.74 Å². The molecule has 0 aliphatic carbocycles. The molecule has 1 amide bonds. The van der Waals surface area contributed by atoms with Crippen molar-refractivity contribution in [3.05, 3.63) is 101 Å². The number of halogens is 3. The number of carbonyl (C=O) groups is 1. The van der Waals surface area contributed by atoms with Crippen molar-refractivity contribution in [2.75, 3.05) is 20.3 Å². The number of benzene rings is 3. The Bertz CT molecular complexity index is 1360. The monoisotopic (exact) mass is 494 g/mol. The number of H-pyrrole nitrogens is 1. The van der Waals surface area contributed by atoms with Crippen LogP contribution in [0.4, 0.5) is 13.2 Å². The second kappa shape index (κ2) is 9.70. The minimum absolute atomic E-state index is 0.130. The Hall–Kier alpha value is -3.78. The summed E-state index contributed by atoms with van der Waals surface area (Å²) in [6.45, 7) is 0.578. The lowest BCUT2D eigenvalue weighted by molar-refractivity contribution is -0.139. The Morgan fingerprint density at radius 2 is 1.81 bits per heavy atom.